The Morgan fingerprint density at radius 1 is 1.14 bits per heavy atom. The van der Waals surface area contributed by atoms with Crippen LogP contribution in [0.15, 0.2) is 43.0 Å². The molecule has 0 spiro atoms. The standard InChI is InChI=1S/C26H38N4O5/c1-5-16-30(24(33)20(17-21(27)31)29-25(34)35-26(2,3)4)22(18-12-8-6-9-13-18)23(32)28-19-14-10-7-11-15-19/h5-6,8-9,12-13,19-20,22H,1,7,10-11,14-17H2,2-4H3,(H2,27,31)(H,28,32)(H,29,34). The molecule has 1 aliphatic carbocycles. The molecule has 0 radical (unpaired) electrons. The first-order chi connectivity index (χ1) is 16.5. The normalized spacial score (nSPS) is 15.9. The molecule has 35 heavy (non-hydrogen) atoms. The molecule has 192 valence electrons. The van der Waals surface area contributed by atoms with Crippen LogP contribution in [0.5, 0.6) is 0 Å². The van der Waals surface area contributed by atoms with Crippen molar-refractivity contribution in [2.75, 3.05) is 6.54 Å². The van der Waals surface area contributed by atoms with Crippen LogP contribution in [0, 0.1) is 0 Å². The van der Waals surface area contributed by atoms with Gasteiger partial charge in [0.1, 0.15) is 17.7 Å². The predicted molar refractivity (Wildman–Crippen MR) is 133 cm³/mol. The number of nitrogens with one attached hydrogen (secondary N) is 2. The van der Waals surface area contributed by atoms with Gasteiger partial charge in [-0.1, -0.05) is 55.7 Å². The van der Waals surface area contributed by atoms with Crippen LogP contribution in [-0.4, -0.2) is 52.9 Å². The molecular weight excluding hydrogens is 448 g/mol. The number of rotatable bonds is 10. The van der Waals surface area contributed by atoms with Gasteiger partial charge in [0.25, 0.3) is 0 Å². The van der Waals surface area contributed by atoms with Gasteiger partial charge in [-0.25, -0.2) is 4.79 Å². The average molecular weight is 487 g/mol. The molecule has 2 unspecified atom stereocenters. The van der Waals surface area contributed by atoms with E-state index in [1.165, 1.54) is 11.0 Å². The smallest absolute Gasteiger partial charge is 0.408 e. The second-order valence-corrected chi connectivity index (χ2v) is 9.81. The highest BCUT2D eigenvalue weighted by atomic mass is 16.6. The molecule has 0 heterocycles. The van der Waals surface area contributed by atoms with Crippen LogP contribution in [0.2, 0.25) is 0 Å². The van der Waals surface area contributed by atoms with Gasteiger partial charge in [0.15, 0.2) is 0 Å². The lowest BCUT2D eigenvalue weighted by Crippen LogP contribution is -2.54. The third kappa shape index (κ3) is 9.07. The number of primary amides is 1. The van der Waals surface area contributed by atoms with E-state index in [0.29, 0.717) is 5.56 Å². The minimum atomic E-state index is -1.31. The summed E-state index contributed by atoms with van der Waals surface area (Å²) in [7, 11) is 0. The van der Waals surface area contributed by atoms with E-state index in [1.54, 1.807) is 45.0 Å². The molecule has 9 nitrogen and oxygen atoms in total. The summed E-state index contributed by atoms with van der Waals surface area (Å²) in [6.45, 7) is 8.80. The fourth-order valence-corrected chi connectivity index (χ4v) is 4.15. The van der Waals surface area contributed by atoms with Crippen LogP contribution in [-0.2, 0) is 19.1 Å². The van der Waals surface area contributed by atoms with Gasteiger partial charge >= 0.3 is 6.09 Å². The van der Waals surface area contributed by atoms with Crippen LogP contribution in [0.3, 0.4) is 0 Å². The van der Waals surface area contributed by atoms with Crippen molar-refractivity contribution >= 4 is 23.8 Å². The van der Waals surface area contributed by atoms with E-state index in [1.807, 2.05) is 6.07 Å². The number of ether oxygens (including phenoxy) is 1. The Morgan fingerprint density at radius 3 is 2.31 bits per heavy atom. The Kier molecular flexibility index (Phi) is 10.3. The maximum atomic E-state index is 13.7. The summed E-state index contributed by atoms with van der Waals surface area (Å²) in [5.41, 5.74) is 5.17. The van der Waals surface area contributed by atoms with Crippen LogP contribution in [0.25, 0.3) is 0 Å². The van der Waals surface area contributed by atoms with Gasteiger partial charge in [-0.2, -0.15) is 0 Å². The minimum absolute atomic E-state index is 0.0156. The van der Waals surface area contributed by atoms with E-state index in [4.69, 9.17) is 10.5 Å². The second kappa shape index (κ2) is 12.9. The molecule has 2 rings (SSSR count). The number of nitrogens with two attached hydrogens (primary N) is 1. The van der Waals surface area contributed by atoms with E-state index in [9.17, 15) is 19.2 Å². The Hall–Kier alpha value is -3.36. The minimum Gasteiger partial charge on any atom is -0.444 e. The third-order valence-electron chi connectivity index (χ3n) is 5.63. The first-order valence-corrected chi connectivity index (χ1v) is 12.1. The highest BCUT2D eigenvalue weighted by Gasteiger charge is 2.37. The van der Waals surface area contributed by atoms with Gasteiger partial charge in [0.2, 0.25) is 17.7 Å². The zero-order valence-corrected chi connectivity index (χ0v) is 20.9. The largest absolute Gasteiger partial charge is 0.444 e. The summed E-state index contributed by atoms with van der Waals surface area (Å²) < 4.78 is 5.26. The van der Waals surface area contributed by atoms with E-state index in [0.717, 1.165) is 32.1 Å². The third-order valence-corrected chi connectivity index (χ3v) is 5.63. The molecule has 0 bridgehead atoms. The number of carbonyl (C=O) groups is 4. The summed E-state index contributed by atoms with van der Waals surface area (Å²) in [6.07, 6.45) is 5.17. The summed E-state index contributed by atoms with van der Waals surface area (Å²) >= 11 is 0. The molecule has 9 heteroatoms. The molecule has 0 aliphatic heterocycles. The lowest BCUT2D eigenvalue weighted by molar-refractivity contribution is -0.143. The molecule has 2 atom stereocenters. The molecule has 1 aromatic carbocycles. The van der Waals surface area contributed by atoms with Crippen molar-refractivity contribution in [1.82, 2.24) is 15.5 Å². The topological polar surface area (TPSA) is 131 Å². The van der Waals surface area contributed by atoms with Gasteiger partial charge in [-0.3, -0.25) is 14.4 Å². The molecule has 4 amide bonds. The predicted octanol–water partition coefficient (Wildman–Crippen LogP) is 2.96. The van der Waals surface area contributed by atoms with Crippen LogP contribution in [0.4, 0.5) is 4.79 Å². The average Bonchev–Trinajstić information content (AvgIpc) is 2.77. The Morgan fingerprint density at radius 2 is 1.77 bits per heavy atom. The fourth-order valence-electron chi connectivity index (χ4n) is 4.15. The molecule has 1 fully saturated rings. The Balaban J connectivity index is 2.38. The van der Waals surface area contributed by atoms with Crippen molar-refractivity contribution < 1.29 is 23.9 Å². The molecular formula is C26H38N4O5. The van der Waals surface area contributed by atoms with Crippen molar-refractivity contribution in [2.45, 2.75) is 83.0 Å². The molecule has 1 aromatic rings. The zero-order valence-electron chi connectivity index (χ0n) is 20.9. The quantitative estimate of drug-likeness (QED) is 0.438. The first-order valence-electron chi connectivity index (χ1n) is 12.1. The van der Waals surface area contributed by atoms with Crippen molar-refractivity contribution in [1.29, 1.82) is 0 Å². The molecule has 4 N–H and O–H groups in total. The number of nitrogens with zero attached hydrogens (tertiary/aromatic N) is 1. The summed E-state index contributed by atoms with van der Waals surface area (Å²) in [5, 5.41) is 5.54. The van der Waals surface area contributed by atoms with Crippen molar-refractivity contribution in [3.05, 3.63) is 48.6 Å². The second-order valence-electron chi connectivity index (χ2n) is 9.81. The van der Waals surface area contributed by atoms with E-state index >= 15 is 0 Å². The molecule has 1 aliphatic rings. The van der Waals surface area contributed by atoms with E-state index in [2.05, 4.69) is 17.2 Å². The SMILES string of the molecule is C=CCN(C(=O)C(CC(N)=O)NC(=O)OC(C)(C)C)C(C(=O)NC1CCCCC1)c1ccccc1. The monoisotopic (exact) mass is 486 g/mol. The van der Waals surface area contributed by atoms with Crippen molar-refractivity contribution in [3.63, 3.8) is 0 Å². The van der Waals surface area contributed by atoms with Crippen LogP contribution >= 0.6 is 0 Å². The zero-order chi connectivity index (χ0) is 26.0. The number of benzene rings is 1. The number of hydrogen-bond acceptors (Lipinski definition) is 5. The molecule has 0 saturated heterocycles. The summed E-state index contributed by atoms with van der Waals surface area (Å²) in [4.78, 5) is 52.7. The fraction of sp³-hybridized carbons (Fsp3) is 0.538. The molecule has 1 saturated carbocycles. The van der Waals surface area contributed by atoms with Crippen LogP contribution < -0.4 is 16.4 Å². The lowest BCUT2D eigenvalue weighted by Gasteiger charge is -2.35. The number of amides is 4. The number of alkyl carbamates (subject to hydrolysis) is 1. The van der Waals surface area contributed by atoms with Gasteiger partial charge in [0.05, 0.1) is 6.42 Å². The highest BCUT2D eigenvalue weighted by molar-refractivity contribution is 5.94. The van der Waals surface area contributed by atoms with Gasteiger partial charge in [-0.05, 0) is 39.2 Å². The first kappa shape index (κ1) is 27.9. The Bertz CT molecular complexity index is 891. The van der Waals surface area contributed by atoms with Gasteiger partial charge < -0.3 is 26.0 Å². The number of carbonyl (C=O) groups excluding carboxylic acids is 4. The van der Waals surface area contributed by atoms with Crippen LogP contribution in [0.1, 0.15) is 70.9 Å². The highest BCUT2D eigenvalue weighted by Crippen LogP contribution is 2.25. The van der Waals surface area contributed by atoms with E-state index in [-0.39, 0.29) is 18.5 Å². The van der Waals surface area contributed by atoms with Gasteiger partial charge in [-0.15, -0.1) is 6.58 Å². The van der Waals surface area contributed by atoms with Crippen molar-refractivity contribution in [3.8, 4) is 0 Å². The lowest BCUT2D eigenvalue weighted by atomic mass is 9.94. The Labute approximate surface area is 207 Å². The van der Waals surface area contributed by atoms with Gasteiger partial charge in [0, 0.05) is 12.6 Å². The summed E-state index contributed by atoms with van der Waals surface area (Å²) in [6, 6.07) is 6.65. The maximum absolute atomic E-state index is 13.7. The van der Waals surface area contributed by atoms with E-state index < -0.39 is 42.0 Å². The summed E-state index contributed by atoms with van der Waals surface area (Å²) in [5.74, 6) is -1.74. The number of hydrogen-bond donors (Lipinski definition) is 3. The van der Waals surface area contributed by atoms with Crippen molar-refractivity contribution in [2.24, 2.45) is 5.73 Å². The molecule has 0 aromatic heterocycles. The maximum Gasteiger partial charge on any atom is 0.408 e.